The molecule has 0 fully saturated rings. The summed E-state index contributed by atoms with van der Waals surface area (Å²) in [5.41, 5.74) is 0.443. The Balaban J connectivity index is 1.73. The van der Waals surface area contributed by atoms with Crippen LogP contribution in [0.1, 0.15) is 21.6 Å². The van der Waals surface area contributed by atoms with Gasteiger partial charge in [0.05, 0.1) is 35.8 Å². The molecule has 31 heavy (non-hydrogen) atoms. The van der Waals surface area contributed by atoms with E-state index in [0.717, 1.165) is 12.1 Å². The third-order valence-corrected chi connectivity index (χ3v) is 4.37. The molecule has 0 atom stereocenters. The lowest BCUT2D eigenvalue weighted by Gasteiger charge is -2.10. The smallest absolute Gasteiger partial charge is 0.416 e. The molecule has 1 aromatic heterocycles. The van der Waals surface area contributed by atoms with Crippen molar-refractivity contribution < 1.29 is 32.2 Å². The van der Waals surface area contributed by atoms with Crippen molar-refractivity contribution >= 4 is 17.6 Å². The Bertz CT molecular complexity index is 1090. The summed E-state index contributed by atoms with van der Waals surface area (Å²) in [6.07, 6.45) is -3.19. The summed E-state index contributed by atoms with van der Waals surface area (Å²) in [7, 11) is 1.25. The first-order valence-electron chi connectivity index (χ1n) is 9.02. The van der Waals surface area contributed by atoms with Gasteiger partial charge in [0.25, 0.3) is 5.91 Å². The Morgan fingerprint density at radius 1 is 1.13 bits per heavy atom. The Kier molecular flexibility index (Phi) is 6.28. The molecular weight excluding hydrogens is 415 g/mol. The summed E-state index contributed by atoms with van der Waals surface area (Å²) in [4.78, 5) is 23.7. The van der Waals surface area contributed by atoms with Gasteiger partial charge in [-0.2, -0.15) is 18.3 Å². The van der Waals surface area contributed by atoms with Gasteiger partial charge in [-0.3, -0.25) is 4.79 Å². The normalized spacial score (nSPS) is 11.1. The fourth-order valence-corrected chi connectivity index (χ4v) is 2.74. The number of aromatic nitrogens is 2. The van der Waals surface area contributed by atoms with Crippen molar-refractivity contribution in [1.29, 1.82) is 0 Å². The molecule has 1 amide bonds. The fraction of sp³-hybridized carbons (Fsp3) is 0.190. The second-order valence-electron chi connectivity index (χ2n) is 6.45. The molecule has 0 saturated heterocycles. The van der Waals surface area contributed by atoms with Crippen LogP contribution in [0.5, 0.6) is 5.75 Å². The number of nitrogens with zero attached hydrogens (tertiary/aromatic N) is 2. The van der Waals surface area contributed by atoms with Crippen molar-refractivity contribution in [2.24, 2.45) is 0 Å². The largest absolute Gasteiger partial charge is 0.482 e. The number of carbonyl (C=O) groups excluding carboxylic acids is 2. The first-order chi connectivity index (χ1) is 14.7. The molecule has 0 aliphatic heterocycles. The summed E-state index contributed by atoms with van der Waals surface area (Å²) in [6.45, 7) is 1.35. The van der Waals surface area contributed by atoms with Crippen LogP contribution >= 0.6 is 0 Å². The second kappa shape index (κ2) is 8.90. The number of hydrogen-bond acceptors (Lipinski definition) is 5. The van der Waals surface area contributed by atoms with Crippen LogP contribution in [0.15, 0.2) is 54.7 Å². The van der Waals surface area contributed by atoms with Gasteiger partial charge in [-0.05, 0) is 49.4 Å². The molecule has 0 radical (unpaired) electrons. The lowest BCUT2D eigenvalue weighted by Crippen LogP contribution is -2.14. The molecule has 0 unspecified atom stereocenters. The van der Waals surface area contributed by atoms with Gasteiger partial charge in [0.15, 0.2) is 6.61 Å². The first kappa shape index (κ1) is 21.9. The number of nitrogens with one attached hydrogen (secondary N) is 1. The lowest BCUT2D eigenvalue weighted by molar-refractivity contribution is -0.143. The predicted octanol–water partition coefficient (Wildman–Crippen LogP) is 4.00. The molecule has 162 valence electrons. The summed E-state index contributed by atoms with van der Waals surface area (Å²) in [5.74, 6) is -0.582. The molecule has 3 rings (SSSR count). The number of halogens is 3. The second-order valence-corrected chi connectivity index (χ2v) is 6.45. The highest BCUT2D eigenvalue weighted by Gasteiger charge is 2.30. The summed E-state index contributed by atoms with van der Waals surface area (Å²) < 4.78 is 49.9. The molecule has 0 bridgehead atoms. The lowest BCUT2D eigenvalue weighted by atomic mass is 10.2. The van der Waals surface area contributed by atoms with Crippen molar-refractivity contribution in [3.63, 3.8) is 0 Å². The van der Waals surface area contributed by atoms with Crippen LogP contribution in [0.2, 0.25) is 0 Å². The van der Waals surface area contributed by atoms with Gasteiger partial charge >= 0.3 is 12.1 Å². The number of rotatable bonds is 6. The fourth-order valence-electron chi connectivity index (χ4n) is 2.74. The van der Waals surface area contributed by atoms with Gasteiger partial charge in [0, 0.05) is 5.69 Å². The molecule has 3 aromatic rings. The van der Waals surface area contributed by atoms with Crippen LogP contribution < -0.4 is 10.1 Å². The molecule has 2 aromatic carbocycles. The van der Waals surface area contributed by atoms with Crippen LogP contribution in [0.3, 0.4) is 0 Å². The average Bonchev–Trinajstić information content (AvgIpc) is 3.14. The van der Waals surface area contributed by atoms with E-state index in [2.05, 4.69) is 15.2 Å². The molecule has 0 spiro atoms. The van der Waals surface area contributed by atoms with Crippen LogP contribution in [-0.4, -0.2) is 35.4 Å². The van der Waals surface area contributed by atoms with E-state index in [1.54, 1.807) is 31.2 Å². The first-order valence-corrected chi connectivity index (χ1v) is 9.02. The van der Waals surface area contributed by atoms with Gasteiger partial charge in [-0.15, -0.1) is 0 Å². The van der Waals surface area contributed by atoms with Gasteiger partial charge in [-0.25, -0.2) is 9.48 Å². The minimum absolute atomic E-state index is 0.193. The molecule has 0 aliphatic carbocycles. The maximum atomic E-state index is 13.0. The van der Waals surface area contributed by atoms with E-state index in [1.807, 2.05) is 0 Å². The highest BCUT2D eigenvalue weighted by molar-refractivity contribution is 6.05. The third kappa shape index (κ3) is 5.21. The van der Waals surface area contributed by atoms with Crippen molar-refractivity contribution in [2.75, 3.05) is 19.0 Å². The van der Waals surface area contributed by atoms with E-state index in [-0.39, 0.29) is 17.9 Å². The Morgan fingerprint density at radius 2 is 1.84 bits per heavy atom. The van der Waals surface area contributed by atoms with Crippen molar-refractivity contribution in [1.82, 2.24) is 9.78 Å². The van der Waals surface area contributed by atoms with E-state index in [0.29, 0.717) is 17.1 Å². The Morgan fingerprint density at radius 3 is 2.48 bits per heavy atom. The van der Waals surface area contributed by atoms with Crippen LogP contribution in [0.25, 0.3) is 5.69 Å². The summed E-state index contributed by atoms with van der Waals surface area (Å²) in [6, 6.07) is 11.0. The van der Waals surface area contributed by atoms with Crippen LogP contribution in [0, 0.1) is 6.92 Å². The zero-order chi connectivity index (χ0) is 22.6. The third-order valence-electron chi connectivity index (χ3n) is 4.37. The zero-order valence-corrected chi connectivity index (χ0v) is 16.6. The minimum atomic E-state index is -4.48. The van der Waals surface area contributed by atoms with E-state index in [9.17, 15) is 22.8 Å². The minimum Gasteiger partial charge on any atom is -0.482 e. The molecule has 1 heterocycles. The van der Waals surface area contributed by atoms with Gasteiger partial charge < -0.3 is 14.8 Å². The number of amides is 1. The highest BCUT2D eigenvalue weighted by atomic mass is 19.4. The van der Waals surface area contributed by atoms with Crippen molar-refractivity contribution in [2.45, 2.75) is 13.1 Å². The molecule has 7 nitrogen and oxygen atoms in total. The summed E-state index contributed by atoms with van der Waals surface area (Å²) >= 11 is 0. The number of anilines is 1. The molecule has 10 heteroatoms. The van der Waals surface area contributed by atoms with Crippen molar-refractivity contribution in [3.05, 3.63) is 71.5 Å². The molecular formula is C21H18F3N3O4. The number of carbonyl (C=O) groups is 2. The van der Waals surface area contributed by atoms with E-state index in [1.165, 1.54) is 30.1 Å². The van der Waals surface area contributed by atoms with Crippen LogP contribution in [-0.2, 0) is 15.7 Å². The van der Waals surface area contributed by atoms with Crippen LogP contribution in [0.4, 0.5) is 18.9 Å². The van der Waals surface area contributed by atoms with Gasteiger partial charge in [-0.1, -0.05) is 6.07 Å². The molecule has 1 N–H and O–H groups in total. The molecule has 0 aliphatic rings. The Hall–Kier alpha value is -3.82. The predicted molar refractivity (Wildman–Crippen MR) is 105 cm³/mol. The standard InChI is InChI=1S/C21H18F3N3O4/c1-13-18(11-25-27(13)16-5-3-4-14(10-16)21(22,23)24)20(29)26-15-6-8-17(9-7-15)31-12-19(28)30-2/h3-11H,12H2,1-2H3,(H,26,29). The summed E-state index contributed by atoms with van der Waals surface area (Å²) in [5, 5.41) is 6.74. The maximum absolute atomic E-state index is 13.0. The average molecular weight is 433 g/mol. The van der Waals surface area contributed by atoms with Crippen molar-refractivity contribution in [3.8, 4) is 11.4 Å². The number of esters is 1. The molecule has 0 saturated carbocycles. The maximum Gasteiger partial charge on any atom is 0.416 e. The van der Waals surface area contributed by atoms with E-state index < -0.39 is 23.6 Å². The van der Waals surface area contributed by atoms with Gasteiger partial charge in [0.1, 0.15) is 5.75 Å². The topological polar surface area (TPSA) is 82.4 Å². The number of alkyl halides is 3. The number of ether oxygens (including phenoxy) is 2. The number of hydrogen-bond donors (Lipinski definition) is 1. The number of methoxy groups -OCH3 is 1. The Labute approximate surface area is 175 Å². The number of benzene rings is 2. The van der Waals surface area contributed by atoms with Gasteiger partial charge in [0.2, 0.25) is 0 Å². The van der Waals surface area contributed by atoms with E-state index in [4.69, 9.17) is 4.74 Å². The van der Waals surface area contributed by atoms with E-state index >= 15 is 0 Å². The highest BCUT2D eigenvalue weighted by Crippen LogP contribution is 2.30. The monoisotopic (exact) mass is 433 g/mol. The zero-order valence-electron chi connectivity index (χ0n) is 16.6. The SMILES string of the molecule is COC(=O)COc1ccc(NC(=O)c2cnn(-c3cccc(C(F)(F)F)c3)c2C)cc1. The quantitative estimate of drug-likeness (QED) is 0.594.